The predicted octanol–water partition coefficient (Wildman–Crippen LogP) is -1.16. The molecule has 0 saturated carbocycles. The third-order valence-corrected chi connectivity index (χ3v) is 6.26. The molecule has 1 saturated heterocycles. The summed E-state index contributed by atoms with van der Waals surface area (Å²) in [6.45, 7) is 3.47. The number of hydrogen-bond acceptors (Lipinski definition) is 9. The van der Waals surface area contributed by atoms with Crippen LogP contribution in [0.15, 0.2) is 34.5 Å². The number of amides is 2. The van der Waals surface area contributed by atoms with Crippen molar-refractivity contribution in [1.29, 1.82) is 0 Å². The van der Waals surface area contributed by atoms with Gasteiger partial charge < -0.3 is 21.4 Å². The Kier molecular flexibility index (Phi) is 4.80. The number of carbonyl (C=O) groups is 3. The minimum Gasteiger partial charge on any atom is -0.477 e. The van der Waals surface area contributed by atoms with Crippen LogP contribution in [0, 0.1) is 0 Å². The van der Waals surface area contributed by atoms with Crippen LogP contribution in [0.2, 0.25) is 0 Å². The van der Waals surface area contributed by atoms with Crippen molar-refractivity contribution in [3.8, 4) is 0 Å². The number of fused-ring (bicyclic) bond motifs is 1. The molecule has 11 nitrogen and oxygen atoms in total. The van der Waals surface area contributed by atoms with Crippen LogP contribution in [0.4, 0.5) is 5.13 Å². The van der Waals surface area contributed by atoms with Crippen molar-refractivity contribution in [3.63, 3.8) is 0 Å². The molecule has 0 radical (unpaired) electrons. The van der Waals surface area contributed by atoms with Crippen LogP contribution in [0.1, 0.15) is 5.69 Å². The van der Waals surface area contributed by atoms with Gasteiger partial charge in [0.2, 0.25) is 0 Å². The molecular formula is C14H13N5O6S2. The predicted molar refractivity (Wildman–Crippen MR) is 95.3 cm³/mol. The molecule has 0 bridgehead atoms. The van der Waals surface area contributed by atoms with Crippen LogP contribution in [0.5, 0.6) is 0 Å². The first-order valence-electron chi connectivity index (χ1n) is 7.33. The number of rotatable bonds is 5. The number of carboxylic acids is 1. The summed E-state index contributed by atoms with van der Waals surface area (Å²) in [5.41, 5.74) is 4.87. The van der Waals surface area contributed by atoms with Crippen molar-refractivity contribution < 1.29 is 28.9 Å². The van der Waals surface area contributed by atoms with Crippen LogP contribution in [0.3, 0.4) is 0 Å². The number of β-lactam (4-membered cyclic amide) rings is 1. The summed E-state index contributed by atoms with van der Waals surface area (Å²) >= 11 is 1.02. The van der Waals surface area contributed by atoms with Gasteiger partial charge in [0.05, 0.1) is 16.6 Å². The Hall–Kier alpha value is -3.06. The van der Waals surface area contributed by atoms with E-state index in [-0.39, 0.29) is 27.8 Å². The number of anilines is 1. The summed E-state index contributed by atoms with van der Waals surface area (Å²) in [5.74, 6) is -3.16. The lowest BCUT2D eigenvalue weighted by molar-refractivity contribution is -0.150. The van der Waals surface area contributed by atoms with Crippen LogP contribution in [-0.2, 0) is 25.2 Å². The maximum atomic E-state index is 12.4. The first-order valence-corrected chi connectivity index (χ1v) is 9.59. The van der Waals surface area contributed by atoms with E-state index in [4.69, 9.17) is 10.9 Å². The fourth-order valence-electron chi connectivity index (χ4n) is 2.78. The molecule has 27 heavy (non-hydrogen) atoms. The van der Waals surface area contributed by atoms with Gasteiger partial charge in [0.1, 0.15) is 22.8 Å². The summed E-state index contributed by atoms with van der Waals surface area (Å²) in [4.78, 5) is 40.9. The normalized spacial score (nSPS) is 24.9. The highest BCUT2D eigenvalue weighted by atomic mass is 32.2. The maximum absolute atomic E-state index is 12.4. The third kappa shape index (κ3) is 3.00. The highest BCUT2D eigenvalue weighted by Gasteiger charge is 2.57. The Morgan fingerprint density at radius 1 is 1.56 bits per heavy atom. The lowest BCUT2D eigenvalue weighted by Crippen LogP contribution is -2.74. The van der Waals surface area contributed by atoms with Gasteiger partial charge in [0.15, 0.2) is 10.8 Å². The van der Waals surface area contributed by atoms with Crippen LogP contribution in [-0.4, -0.2) is 65.1 Å². The summed E-state index contributed by atoms with van der Waals surface area (Å²) in [5, 5.41) is 24.1. The molecule has 2 amide bonds. The Morgan fingerprint density at radius 3 is 2.78 bits per heavy atom. The summed E-state index contributed by atoms with van der Waals surface area (Å²) in [6.07, 6.45) is 1.24. The number of oxime groups is 1. The van der Waals surface area contributed by atoms with E-state index in [9.17, 15) is 23.7 Å². The number of nitrogens with one attached hydrogen (secondary N) is 1. The Balaban J connectivity index is 1.84. The van der Waals surface area contributed by atoms with Gasteiger partial charge in [-0.15, -0.1) is 11.3 Å². The van der Waals surface area contributed by atoms with Crippen molar-refractivity contribution in [1.82, 2.24) is 15.2 Å². The fourth-order valence-corrected chi connectivity index (χ4v) is 4.99. The maximum Gasteiger partial charge on any atom is 0.352 e. The Bertz CT molecular complexity index is 952. The molecule has 1 aromatic rings. The minimum atomic E-state index is -1.66. The number of nitrogens with two attached hydrogens (primary N) is 1. The molecule has 142 valence electrons. The van der Waals surface area contributed by atoms with Crippen molar-refractivity contribution in [3.05, 3.63) is 35.0 Å². The van der Waals surface area contributed by atoms with E-state index in [2.05, 4.69) is 22.0 Å². The second kappa shape index (κ2) is 6.92. The quantitative estimate of drug-likeness (QED) is 0.203. The van der Waals surface area contributed by atoms with Gasteiger partial charge in [-0.05, 0) is 5.57 Å². The highest BCUT2D eigenvalue weighted by molar-refractivity contribution is 7.86. The molecule has 3 rings (SSSR count). The van der Waals surface area contributed by atoms with Crippen molar-refractivity contribution in [2.75, 3.05) is 11.5 Å². The number of aromatic nitrogens is 1. The molecule has 3 atom stereocenters. The van der Waals surface area contributed by atoms with Crippen molar-refractivity contribution in [2.24, 2.45) is 5.16 Å². The van der Waals surface area contributed by atoms with E-state index in [0.717, 1.165) is 16.2 Å². The average Bonchev–Trinajstić information content (AvgIpc) is 3.05. The van der Waals surface area contributed by atoms with Gasteiger partial charge in [-0.3, -0.25) is 18.7 Å². The monoisotopic (exact) mass is 411 g/mol. The van der Waals surface area contributed by atoms with E-state index in [1.54, 1.807) is 0 Å². The van der Waals surface area contributed by atoms with Crippen LogP contribution < -0.4 is 11.1 Å². The van der Waals surface area contributed by atoms with E-state index in [1.807, 2.05) is 0 Å². The van der Waals surface area contributed by atoms with Crippen molar-refractivity contribution in [2.45, 2.75) is 11.4 Å². The number of hydrogen-bond donors (Lipinski definition) is 4. The molecule has 13 heteroatoms. The fraction of sp³-hybridized carbons (Fsp3) is 0.214. The molecule has 0 aromatic carbocycles. The van der Waals surface area contributed by atoms with Gasteiger partial charge >= 0.3 is 5.97 Å². The molecule has 1 fully saturated rings. The van der Waals surface area contributed by atoms with Crippen LogP contribution >= 0.6 is 11.3 Å². The number of aliphatic carboxylic acids is 1. The zero-order valence-electron chi connectivity index (χ0n) is 13.5. The third-order valence-electron chi connectivity index (χ3n) is 3.97. The molecule has 5 N–H and O–H groups in total. The molecular weight excluding hydrogens is 398 g/mol. The number of allylic oxidation sites excluding steroid dienone is 1. The molecule has 2 aliphatic heterocycles. The average molecular weight is 411 g/mol. The number of thiazole rings is 1. The van der Waals surface area contributed by atoms with Gasteiger partial charge in [0, 0.05) is 5.38 Å². The SMILES string of the molecule is C=CC1=C(C(=O)O)N2C(=O)[C@@H](NC(=O)/C(=N\O)c3csc(N)n3)[C@H]2S(=O)C1. The second-order valence-corrected chi connectivity index (χ2v) is 7.90. The van der Waals surface area contributed by atoms with Gasteiger partial charge in [-0.1, -0.05) is 17.8 Å². The molecule has 1 unspecified atom stereocenters. The van der Waals surface area contributed by atoms with E-state index >= 15 is 0 Å². The molecule has 1 aromatic heterocycles. The minimum absolute atomic E-state index is 0.00552. The second-order valence-electron chi connectivity index (χ2n) is 5.48. The first-order chi connectivity index (χ1) is 12.8. The number of nitrogens with zero attached hydrogens (tertiary/aromatic N) is 3. The van der Waals surface area contributed by atoms with Gasteiger partial charge in [0.25, 0.3) is 11.8 Å². The Labute approximate surface area is 158 Å². The largest absolute Gasteiger partial charge is 0.477 e. The lowest BCUT2D eigenvalue weighted by atomic mass is 10.0. The molecule has 0 spiro atoms. The lowest BCUT2D eigenvalue weighted by Gasteiger charge is -2.48. The smallest absolute Gasteiger partial charge is 0.352 e. The number of carbonyl (C=O) groups excluding carboxylic acids is 2. The topological polar surface area (TPSA) is 175 Å². The summed E-state index contributed by atoms with van der Waals surface area (Å²) < 4.78 is 12.4. The Morgan fingerprint density at radius 2 is 2.26 bits per heavy atom. The molecule has 2 aliphatic rings. The molecule has 0 aliphatic carbocycles. The highest BCUT2D eigenvalue weighted by Crippen LogP contribution is 2.35. The van der Waals surface area contributed by atoms with E-state index < -0.39 is 45.7 Å². The first kappa shape index (κ1) is 18.7. The molecule has 3 heterocycles. The van der Waals surface area contributed by atoms with Crippen LogP contribution in [0.25, 0.3) is 0 Å². The summed E-state index contributed by atoms with van der Waals surface area (Å²) in [6, 6.07) is -1.23. The summed E-state index contributed by atoms with van der Waals surface area (Å²) in [7, 11) is -1.66. The van der Waals surface area contributed by atoms with Crippen molar-refractivity contribution >= 4 is 50.8 Å². The standard InChI is InChI=1S/C14H13N5O6S2/c1-2-5-4-27(25)12-8(11(21)19(12)9(5)13(22)23)17-10(20)7(18-24)6-3-26-14(15)16-6/h2-3,8,12,24H,1,4H2,(H2,15,16)(H,17,20)(H,22,23)/b18-7-/t8-,12-,27?/m1/s1. The number of nitrogen functional groups attached to an aromatic ring is 1. The van der Waals surface area contributed by atoms with E-state index in [1.165, 1.54) is 11.5 Å². The van der Waals surface area contributed by atoms with Gasteiger partial charge in [-0.25, -0.2) is 9.78 Å². The zero-order valence-corrected chi connectivity index (χ0v) is 15.1. The van der Waals surface area contributed by atoms with E-state index in [0.29, 0.717) is 0 Å². The number of carboxylic acid groups (broad SMARTS) is 1. The zero-order chi connectivity index (χ0) is 19.9. The van der Waals surface area contributed by atoms with Gasteiger partial charge in [-0.2, -0.15) is 0 Å².